The zero-order valence-electron chi connectivity index (χ0n) is 17.6. The number of aromatic nitrogens is 3. The molecule has 154 valence electrons. The number of hydrogen-bond acceptors (Lipinski definition) is 4. The molecule has 2 aromatic carbocycles. The summed E-state index contributed by atoms with van der Waals surface area (Å²) in [6.07, 6.45) is 0.924. The van der Waals surface area contributed by atoms with Gasteiger partial charge in [-0.2, -0.15) is 0 Å². The number of ketones is 1. The Morgan fingerprint density at radius 3 is 2.43 bits per heavy atom. The van der Waals surface area contributed by atoms with Crippen molar-refractivity contribution < 1.29 is 9.59 Å². The van der Waals surface area contributed by atoms with Gasteiger partial charge in [-0.3, -0.25) is 9.59 Å². The molecule has 0 aliphatic carbocycles. The molecule has 1 amide bonds. The highest BCUT2D eigenvalue weighted by atomic mass is 16.2. The number of para-hydroxylation sites is 1. The Morgan fingerprint density at radius 2 is 1.70 bits per heavy atom. The molecule has 0 radical (unpaired) electrons. The molecule has 3 aromatic rings. The molecule has 6 heteroatoms. The Kier molecular flexibility index (Phi) is 5.48. The molecule has 0 saturated heterocycles. The van der Waals surface area contributed by atoms with Gasteiger partial charge in [0.1, 0.15) is 11.5 Å². The lowest BCUT2D eigenvalue weighted by atomic mass is 9.95. The van der Waals surface area contributed by atoms with Crippen LogP contribution >= 0.6 is 0 Å². The van der Waals surface area contributed by atoms with E-state index in [-0.39, 0.29) is 30.6 Å². The molecule has 0 saturated carbocycles. The molecule has 2 heterocycles. The van der Waals surface area contributed by atoms with Crippen LogP contribution in [-0.4, -0.2) is 26.7 Å². The molecular weight excluding hydrogens is 376 g/mol. The van der Waals surface area contributed by atoms with Crippen molar-refractivity contribution >= 4 is 17.4 Å². The van der Waals surface area contributed by atoms with Crippen molar-refractivity contribution in [1.82, 2.24) is 15.0 Å². The number of fused-ring (bicyclic) bond motifs is 5. The zero-order chi connectivity index (χ0) is 21.3. The molecule has 1 aromatic heterocycles. The van der Waals surface area contributed by atoms with Crippen LogP contribution < -0.4 is 4.90 Å². The molecular formula is C24H26N4O2. The van der Waals surface area contributed by atoms with Gasteiger partial charge in [-0.15, -0.1) is 5.10 Å². The normalized spacial score (nSPS) is 12.6. The van der Waals surface area contributed by atoms with Crippen LogP contribution in [-0.2, 0) is 16.1 Å². The Bertz CT molecular complexity index is 1100. The van der Waals surface area contributed by atoms with E-state index in [4.69, 9.17) is 0 Å². The van der Waals surface area contributed by atoms with Crippen molar-refractivity contribution in [2.75, 3.05) is 4.90 Å². The summed E-state index contributed by atoms with van der Waals surface area (Å²) < 4.78 is 1.95. The monoisotopic (exact) mass is 402 g/mol. The van der Waals surface area contributed by atoms with Crippen LogP contribution in [0.25, 0.3) is 22.5 Å². The molecule has 4 rings (SSSR count). The highest BCUT2D eigenvalue weighted by Gasteiger charge is 2.29. The Balaban J connectivity index is 1.89. The summed E-state index contributed by atoms with van der Waals surface area (Å²) in [5.74, 6) is 0.0463. The van der Waals surface area contributed by atoms with E-state index in [1.807, 2.05) is 54.1 Å². The highest BCUT2D eigenvalue weighted by Crippen LogP contribution is 2.41. The quantitative estimate of drug-likeness (QED) is 0.615. The minimum absolute atomic E-state index is 0.0567. The number of carbonyl (C=O) groups excluding carboxylic acids is 2. The summed E-state index contributed by atoms with van der Waals surface area (Å²) in [7, 11) is 0. The molecule has 0 N–H and O–H groups in total. The van der Waals surface area contributed by atoms with Crippen molar-refractivity contribution in [3.63, 3.8) is 0 Å². The molecule has 0 bridgehead atoms. The number of carbonyl (C=O) groups is 2. The molecule has 30 heavy (non-hydrogen) atoms. The lowest BCUT2D eigenvalue weighted by molar-refractivity contribution is -0.123. The maximum Gasteiger partial charge on any atom is 0.227 e. The van der Waals surface area contributed by atoms with Crippen LogP contribution in [0.4, 0.5) is 5.69 Å². The molecule has 0 fully saturated rings. The number of Topliss-reactive ketones (excluding diaryl/α,β-unsaturated/α-hetero) is 1. The third-order valence-corrected chi connectivity index (χ3v) is 5.55. The van der Waals surface area contributed by atoms with Crippen molar-refractivity contribution in [1.29, 1.82) is 0 Å². The summed E-state index contributed by atoms with van der Waals surface area (Å²) in [5, 5.41) is 8.96. The third-order valence-electron chi connectivity index (χ3n) is 5.55. The smallest absolute Gasteiger partial charge is 0.227 e. The lowest BCUT2D eigenvalue weighted by Gasteiger charge is -2.28. The van der Waals surface area contributed by atoms with Gasteiger partial charge >= 0.3 is 0 Å². The van der Waals surface area contributed by atoms with Gasteiger partial charge in [-0.1, -0.05) is 54.6 Å². The lowest BCUT2D eigenvalue weighted by Crippen LogP contribution is -2.32. The maximum atomic E-state index is 13.2. The summed E-state index contributed by atoms with van der Waals surface area (Å²) in [4.78, 5) is 26.8. The van der Waals surface area contributed by atoms with Gasteiger partial charge in [0, 0.05) is 36.4 Å². The number of hydrogen-bond donors (Lipinski definition) is 0. The minimum Gasteiger partial charge on any atom is -0.307 e. The summed E-state index contributed by atoms with van der Waals surface area (Å²) in [6.45, 7) is 6.44. The Morgan fingerprint density at radius 1 is 1.00 bits per heavy atom. The van der Waals surface area contributed by atoms with Crippen LogP contribution in [0.15, 0.2) is 48.5 Å². The Hall–Kier alpha value is -3.28. The van der Waals surface area contributed by atoms with Crippen LogP contribution in [0.1, 0.15) is 51.6 Å². The largest absolute Gasteiger partial charge is 0.307 e. The first kappa shape index (κ1) is 20.0. The first-order valence-electron chi connectivity index (χ1n) is 10.5. The molecule has 0 unspecified atom stereocenters. The second-order valence-corrected chi connectivity index (χ2v) is 7.87. The van der Waals surface area contributed by atoms with Crippen molar-refractivity contribution in [2.24, 2.45) is 0 Å². The number of nitrogens with zero attached hydrogens (tertiary/aromatic N) is 4. The molecule has 0 atom stereocenters. The Labute approximate surface area is 176 Å². The van der Waals surface area contributed by atoms with Gasteiger partial charge in [-0.05, 0) is 25.5 Å². The van der Waals surface area contributed by atoms with Crippen molar-refractivity contribution in [3.05, 3.63) is 54.1 Å². The van der Waals surface area contributed by atoms with E-state index in [1.165, 1.54) is 0 Å². The zero-order valence-corrected chi connectivity index (χ0v) is 17.6. The fraction of sp³-hybridized carbons (Fsp3) is 0.333. The average molecular weight is 402 g/mol. The van der Waals surface area contributed by atoms with Crippen LogP contribution in [0.3, 0.4) is 0 Å². The van der Waals surface area contributed by atoms with E-state index in [0.29, 0.717) is 13.0 Å². The number of benzene rings is 2. The fourth-order valence-electron chi connectivity index (χ4n) is 3.92. The van der Waals surface area contributed by atoms with E-state index in [9.17, 15) is 9.59 Å². The first-order chi connectivity index (χ1) is 14.5. The fourth-order valence-corrected chi connectivity index (χ4v) is 3.92. The number of amides is 1. The SMILES string of the molecule is CCC(=O)CCC(=O)N1Cc2ccccc2-c2c(nnn2C(C)C)-c2ccccc21. The first-order valence-corrected chi connectivity index (χ1v) is 10.5. The molecule has 0 spiro atoms. The predicted octanol–water partition coefficient (Wildman–Crippen LogP) is 4.80. The van der Waals surface area contributed by atoms with E-state index >= 15 is 0 Å². The average Bonchev–Trinajstić information content (AvgIpc) is 3.19. The second-order valence-electron chi connectivity index (χ2n) is 7.87. The third kappa shape index (κ3) is 3.54. The topological polar surface area (TPSA) is 68.1 Å². The standard InChI is InChI=1S/C24H26N4O2/c1-4-18(29)13-14-22(30)27-15-17-9-5-6-10-19(17)24-23(25-26-28(24)16(2)3)20-11-7-8-12-21(20)27/h5-12,16H,4,13-15H2,1-3H3. The van der Waals surface area contributed by atoms with Gasteiger partial charge in [0.25, 0.3) is 0 Å². The highest BCUT2D eigenvalue weighted by molar-refractivity contribution is 6.01. The predicted molar refractivity (Wildman–Crippen MR) is 117 cm³/mol. The molecule has 1 aliphatic rings. The van der Waals surface area contributed by atoms with Crippen molar-refractivity contribution in [2.45, 2.75) is 52.6 Å². The maximum absolute atomic E-state index is 13.2. The van der Waals surface area contributed by atoms with Crippen LogP contribution in [0.5, 0.6) is 0 Å². The molecule has 6 nitrogen and oxygen atoms in total. The van der Waals surface area contributed by atoms with E-state index in [0.717, 1.165) is 33.8 Å². The van der Waals surface area contributed by atoms with Gasteiger partial charge in [0.15, 0.2) is 0 Å². The van der Waals surface area contributed by atoms with Gasteiger partial charge in [0.2, 0.25) is 5.91 Å². The van der Waals surface area contributed by atoms with E-state index < -0.39 is 0 Å². The van der Waals surface area contributed by atoms with E-state index in [1.54, 1.807) is 4.90 Å². The summed E-state index contributed by atoms with van der Waals surface area (Å²) in [5.41, 5.74) is 5.49. The van der Waals surface area contributed by atoms with E-state index in [2.05, 4.69) is 30.2 Å². The summed E-state index contributed by atoms with van der Waals surface area (Å²) in [6, 6.07) is 16.1. The van der Waals surface area contributed by atoms with Gasteiger partial charge in [-0.25, -0.2) is 4.68 Å². The second kappa shape index (κ2) is 8.22. The van der Waals surface area contributed by atoms with Gasteiger partial charge in [0.05, 0.1) is 17.9 Å². The van der Waals surface area contributed by atoms with Crippen LogP contribution in [0, 0.1) is 0 Å². The van der Waals surface area contributed by atoms with Gasteiger partial charge < -0.3 is 4.90 Å². The minimum atomic E-state index is -0.0567. The summed E-state index contributed by atoms with van der Waals surface area (Å²) >= 11 is 0. The van der Waals surface area contributed by atoms with Crippen LogP contribution in [0.2, 0.25) is 0 Å². The number of anilines is 1. The van der Waals surface area contributed by atoms with Crippen molar-refractivity contribution in [3.8, 4) is 22.5 Å². The number of rotatable bonds is 5. The molecule has 1 aliphatic heterocycles.